The van der Waals surface area contributed by atoms with Gasteiger partial charge in [0.05, 0.1) is 6.04 Å². The van der Waals surface area contributed by atoms with Crippen molar-refractivity contribution in [2.45, 2.75) is 18.4 Å². The van der Waals surface area contributed by atoms with Gasteiger partial charge in [-0.2, -0.15) is 0 Å². The number of benzene rings is 2. The molecule has 1 heterocycles. The summed E-state index contributed by atoms with van der Waals surface area (Å²) in [7, 11) is 3.59. The van der Waals surface area contributed by atoms with Gasteiger partial charge in [-0.15, -0.1) is 0 Å². The smallest absolute Gasteiger partial charge is 0.253 e. The van der Waals surface area contributed by atoms with Crippen molar-refractivity contribution in [3.05, 3.63) is 77.4 Å². The van der Waals surface area contributed by atoms with E-state index in [1.165, 1.54) is 11.1 Å². The minimum Gasteiger partial charge on any atom is -0.378 e. The van der Waals surface area contributed by atoms with Crippen molar-refractivity contribution >= 4 is 11.6 Å². The Labute approximate surface area is 143 Å². The minimum absolute atomic E-state index is 0.0570. The average molecular weight is 318 g/mol. The number of nitrogens with zero attached hydrogens (tertiary/aromatic N) is 1. The Balaban J connectivity index is 1.75. The summed E-state index contributed by atoms with van der Waals surface area (Å²) in [5.74, 6) is 0.937. The summed E-state index contributed by atoms with van der Waals surface area (Å²) in [5.41, 5.74) is 4.48. The lowest BCUT2D eigenvalue weighted by Crippen LogP contribution is -2.29. The molecule has 0 saturated heterocycles. The van der Waals surface area contributed by atoms with Crippen LogP contribution in [0.4, 0.5) is 5.69 Å². The molecule has 1 N–H and O–H groups in total. The lowest BCUT2D eigenvalue weighted by atomic mass is 9.76. The standard InChI is InChI=1S/C21H22N2O/c1-23(2)21(24)15-11-12-19-18(13-15)16-9-6-10-17(16)20(22-19)14-7-4-3-5-8-14/h3-9,11-13,16-17,20,22H,10H2,1-2H3. The molecular formula is C21H22N2O. The van der Waals surface area contributed by atoms with Crippen molar-refractivity contribution in [3.63, 3.8) is 0 Å². The number of hydrogen-bond acceptors (Lipinski definition) is 2. The maximum absolute atomic E-state index is 12.3. The molecule has 1 amide bonds. The van der Waals surface area contributed by atoms with Crippen LogP contribution in [0.5, 0.6) is 0 Å². The van der Waals surface area contributed by atoms with Gasteiger partial charge in [0.1, 0.15) is 0 Å². The average Bonchev–Trinajstić information content (AvgIpc) is 3.10. The highest BCUT2D eigenvalue weighted by molar-refractivity contribution is 5.94. The van der Waals surface area contributed by atoms with E-state index in [0.717, 1.165) is 17.7 Å². The van der Waals surface area contributed by atoms with Crippen LogP contribution in [0.1, 0.15) is 39.9 Å². The lowest BCUT2D eigenvalue weighted by molar-refractivity contribution is 0.0827. The van der Waals surface area contributed by atoms with Gasteiger partial charge in [-0.05, 0) is 41.7 Å². The van der Waals surface area contributed by atoms with Gasteiger partial charge in [0.15, 0.2) is 0 Å². The molecule has 3 heteroatoms. The zero-order valence-corrected chi connectivity index (χ0v) is 14.1. The maximum Gasteiger partial charge on any atom is 0.253 e. The van der Waals surface area contributed by atoms with E-state index in [1.54, 1.807) is 19.0 Å². The van der Waals surface area contributed by atoms with Gasteiger partial charge in [-0.1, -0.05) is 42.5 Å². The van der Waals surface area contributed by atoms with E-state index in [9.17, 15) is 4.79 Å². The predicted octanol–water partition coefficient (Wildman–Crippen LogP) is 4.21. The van der Waals surface area contributed by atoms with Crippen LogP contribution in [0.3, 0.4) is 0 Å². The second-order valence-electron chi connectivity index (χ2n) is 6.89. The first-order chi connectivity index (χ1) is 11.6. The first kappa shape index (κ1) is 15.0. The number of allylic oxidation sites excluding steroid dienone is 2. The number of rotatable bonds is 2. The Morgan fingerprint density at radius 3 is 2.67 bits per heavy atom. The van der Waals surface area contributed by atoms with Gasteiger partial charge in [0, 0.05) is 31.3 Å². The molecule has 2 aromatic rings. The molecule has 2 aliphatic rings. The summed E-state index contributed by atoms with van der Waals surface area (Å²) < 4.78 is 0. The molecule has 0 aromatic heterocycles. The van der Waals surface area contributed by atoms with Gasteiger partial charge in [-0.25, -0.2) is 0 Å². The third-order valence-electron chi connectivity index (χ3n) is 5.17. The molecule has 24 heavy (non-hydrogen) atoms. The van der Waals surface area contributed by atoms with Gasteiger partial charge >= 0.3 is 0 Å². The fourth-order valence-electron chi connectivity index (χ4n) is 3.98. The summed E-state index contributed by atoms with van der Waals surface area (Å²) in [6.07, 6.45) is 5.66. The molecule has 1 aliphatic heterocycles. The predicted molar refractivity (Wildman–Crippen MR) is 97.3 cm³/mol. The highest BCUT2D eigenvalue weighted by atomic mass is 16.2. The highest BCUT2D eigenvalue weighted by Crippen LogP contribution is 2.49. The number of anilines is 1. The Morgan fingerprint density at radius 2 is 1.92 bits per heavy atom. The quantitative estimate of drug-likeness (QED) is 0.841. The summed E-state index contributed by atoms with van der Waals surface area (Å²) in [6.45, 7) is 0. The highest BCUT2D eigenvalue weighted by Gasteiger charge is 2.38. The second-order valence-corrected chi connectivity index (χ2v) is 6.89. The van der Waals surface area contributed by atoms with Crippen molar-refractivity contribution in [2.75, 3.05) is 19.4 Å². The molecule has 0 saturated carbocycles. The van der Waals surface area contributed by atoms with E-state index in [-0.39, 0.29) is 5.91 Å². The molecule has 2 aromatic carbocycles. The van der Waals surface area contributed by atoms with Crippen molar-refractivity contribution in [1.29, 1.82) is 0 Å². The molecule has 3 unspecified atom stereocenters. The van der Waals surface area contributed by atoms with Crippen LogP contribution in [0.2, 0.25) is 0 Å². The number of hydrogen-bond donors (Lipinski definition) is 1. The topological polar surface area (TPSA) is 32.3 Å². The second kappa shape index (κ2) is 5.82. The Bertz CT molecular complexity index is 795. The van der Waals surface area contributed by atoms with Crippen molar-refractivity contribution < 1.29 is 4.79 Å². The number of amides is 1. The van der Waals surface area contributed by atoms with Gasteiger partial charge in [-0.3, -0.25) is 4.79 Å². The van der Waals surface area contributed by atoms with Crippen molar-refractivity contribution in [2.24, 2.45) is 5.92 Å². The maximum atomic E-state index is 12.3. The SMILES string of the molecule is CN(C)C(=O)c1ccc2c(c1)C1C=CCC1C(c1ccccc1)N2. The normalized spacial score (nSPS) is 24.0. The Hall–Kier alpha value is -2.55. The van der Waals surface area contributed by atoms with Crippen LogP contribution in [0, 0.1) is 5.92 Å². The molecule has 0 fully saturated rings. The first-order valence-corrected chi connectivity index (χ1v) is 8.49. The molecule has 3 atom stereocenters. The summed E-state index contributed by atoms with van der Waals surface area (Å²) in [6, 6.07) is 17.0. The van der Waals surface area contributed by atoms with Crippen molar-refractivity contribution in [3.8, 4) is 0 Å². The molecule has 0 spiro atoms. The van der Waals surface area contributed by atoms with E-state index in [1.807, 2.05) is 6.07 Å². The van der Waals surface area contributed by atoms with E-state index < -0.39 is 0 Å². The molecule has 3 nitrogen and oxygen atoms in total. The Morgan fingerprint density at radius 1 is 1.12 bits per heavy atom. The third-order valence-corrected chi connectivity index (χ3v) is 5.17. The van der Waals surface area contributed by atoms with Gasteiger partial charge in [0.25, 0.3) is 5.91 Å². The number of fused-ring (bicyclic) bond motifs is 3. The van der Waals surface area contributed by atoms with Gasteiger partial charge < -0.3 is 10.2 Å². The zero-order chi connectivity index (χ0) is 16.7. The fraction of sp³-hybridized carbons (Fsp3) is 0.286. The molecule has 122 valence electrons. The fourth-order valence-corrected chi connectivity index (χ4v) is 3.98. The van der Waals surface area contributed by atoms with Crippen molar-refractivity contribution in [1.82, 2.24) is 4.90 Å². The summed E-state index contributed by atoms with van der Waals surface area (Å²) in [5, 5.41) is 3.72. The number of nitrogens with one attached hydrogen (secondary N) is 1. The molecule has 0 bridgehead atoms. The summed E-state index contributed by atoms with van der Waals surface area (Å²) >= 11 is 0. The van der Waals surface area contributed by atoms with E-state index >= 15 is 0 Å². The molecular weight excluding hydrogens is 296 g/mol. The largest absolute Gasteiger partial charge is 0.378 e. The van der Waals surface area contributed by atoms with Crippen LogP contribution < -0.4 is 5.32 Å². The van der Waals surface area contributed by atoms with Crippen LogP contribution in [-0.4, -0.2) is 24.9 Å². The monoisotopic (exact) mass is 318 g/mol. The van der Waals surface area contributed by atoms with Crippen LogP contribution in [0.25, 0.3) is 0 Å². The van der Waals surface area contributed by atoms with Crippen LogP contribution >= 0.6 is 0 Å². The van der Waals surface area contributed by atoms with E-state index in [2.05, 4.69) is 59.9 Å². The van der Waals surface area contributed by atoms with Crippen LogP contribution in [-0.2, 0) is 0 Å². The Kier molecular flexibility index (Phi) is 3.64. The molecule has 0 radical (unpaired) electrons. The third kappa shape index (κ3) is 2.41. The first-order valence-electron chi connectivity index (χ1n) is 8.49. The zero-order valence-electron chi connectivity index (χ0n) is 14.1. The molecule has 1 aliphatic carbocycles. The van der Waals surface area contributed by atoms with Crippen LogP contribution in [0.15, 0.2) is 60.7 Å². The van der Waals surface area contributed by atoms with E-state index in [0.29, 0.717) is 17.9 Å². The van der Waals surface area contributed by atoms with E-state index in [4.69, 9.17) is 0 Å². The number of carbonyl (C=O) groups is 1. The summed E-state index contributed by atoms with van der Waals surface area (Å²) in [4.78, 5) is 13.9. The lowest BCUT2D eigenvalue weighted by Gasteiger charge is -2.37. The molecule has 4 rings (SSSR count). The number of carbonyl (C=O) groups excluding carboxylic acids is 1. The van der Waals surface area contributed by atoms with Gasteiger partial charge in [0.2, 0.25) is 0 Å². The minimum atomic E-state index is 0.0570.